The summed E-state index contributed by atoms with van der Waals surface area (Å²) in [4.78, 5) is 34.9. The van der Waals surface area contributed by atoms with Crippen molar-refractivity contribution in [3.63, 3.8) is 0 Å². The maximum atomic E-state index is 12.4. The molecule has 0 atom stereocenters. The molecule has 0 aliphatic heterocycles. The van der Waals surface area contributed by atoms with Crippen molar-refractivity contribution in [3.8, 4) is 5.69 Å². The number of aliphatic carboxylic acids is 1. The molecule has 1 aromatic carbocycles. The number of rotatable bonds is 8. The topological polar surface area (TPSA) is 123 Å². The van der Waals surface area contributed by atoms with Crippen LogP contribution < -0.4 is 10.6 Å². The van der Waals surface area contributed by atoms with Crippen molar-refractivity contribution in [3.05, 3.63) is 42.2 Å². The number of hydrogen-bond acceptors (Lipinski definition) is 5. The number of carboxylic acid groups (broad SMARTS) is 1. The Morgan fingerprint density at radius 1 is 1.21 bits per heavy atom. The van der Waals surface area contributed by atoms with Crippen molar-refractivity contribution in [1.29, 1.82) is 0 Å². The van der Waals surface area contributed by atoms with Crippen molar-refractivity contribution in [2.24, 2.45) is 0 Å². The number of ether oxygens (including phenoxy) is 1. The second-order valence-corrected chi connectivity index (χ2v) is 6.74. The van der Waals surface area contributed by atoms with Gasteiger partial charge in [-0.3, -0.25) is 4.79 Å². The predicted octanol–water partition coefficient (Wildman–Crippen LogP) is 2.81. The Balaban J connectivity index is 2.13. The van der Waals surface area contributed by atoms with Gasteiger partial charge in [0.2, 0.25) is 0 Å². The van der Waals surface area contributed by atoms with Crippen LogP contribution in [0.1, 0.15) is 44.1 Å². The summed E-state index contributed by atoms with van der Waals surface area (Å²) < 4.78 is 6.40. The van der Waals surface area contributed by atoms with Gasteiger partial charge < -0.3 is 20.5 Å². The van der Waals surface area contributed by atoms with Crippen LogP contribution in [0.5, 0.6) is 0 Å². The smallest absolute Gasteiger partial charge is 0.358 e. The van der Waals surface area contributed by atoms with Crippen LogP contribution in [-0.4, -0.2) is 45.0 Å². The number of para-hydroxylation sites is 2. The minimum Gasteiger partial charge on any atom is -0.481 e. The summed E-state index contributed by atoms with van der Waals surface area (Å²) in [7, 11) is 0. The Morgan fingerprint density at radius 2 is 1.93 bits per heavy atom. The molecule has 2 rings (SSSR count). The number of hydrogen-bond donors (Lipinski definition) is 3. The summed E-state index contributed by atoms with van der Waals surface area (Å²) in [6, 6.07) is 8.04. The molecule has 0 saturated carbocycles. The lowest BCUT2D eigenvalue weighted by atomic mass is 9.99. The van der Waals surface area contributed by atoms with Crippen LogP contribution >= 0.6 is 0 Å². The highest BCUT2D eigenvalue weighted by atomic mass is 16.5. The van der Waals surface area contributed by atoms with E-state index in [-0.39, 0.29) is 18.7 Å². The van der Waals surface area contributed by atoms with Gasteiger partial charge in [-0.05, 0) is 45.4 Å². The van der Waals surface area contributed by atoms with Crippen molar-refractivity contribution in [2.45, 2.75) is 39.2 Å². The van der Waals surface area contributed by atoms with Crippen molar-refractivity contribution in [1.82, 2.24) is 15.1 Å². The van der Waals surface area contributed by atoms with E-state index in [0.717, 1.165) is 0 Å². The summed E-state index contributed by atoms with van der Waals surface area (Å²) in [6.07, 6.45) is 1.84. The van der Waals surface area contributed by atoms with Crippen LogP contribution in [0.4, 0.5) is 10.5 Å². The molecule has 3 N–H and O–H groups in total. The molecule has 150 valence electrons. The SMILES string of the molecule is CCOC(=O)c1ccn(-c2ccccc2NC(=O)NC(C)(C)CCC(=O)O)n1. The van der Waals surface area contributed by atoms with Crippen LogP contribution in [0.15, 0.2) is 36.5 Å². The fourth-order valence-electron chi connectivity index (χ4n) is 2.49. The monoisotopic (exact) mass is 388 g/mol. The van der Waals surface area contributed by atoms with Gasteiger partial charge in [-0.1, -0.05) is 12.1 Å². The second kappa shape index (κ2) is 9.03. The van der Waals surface area contributed by atoms with E-state index in [0.29, 0.717) is 17.8 Å². The highest BCUT2D eigenvalue weighted by Gasteiger charge is 2.22. The minimum absolute atomic E-state index is 0.0478. The number of aromatic nitrogens is 2. The highest BCUT2D eigenvalue weighted by Crippen LogP contribution is 2.20. The molecule has 1 heterocycles. The lowest BCUT2D eigenvalue weighted by Crippen LogP contribution is -2.45. The zero-order valence-electron chi connectivity index (χ0n) is 16.1. The van der Waals surface area contributed by atoms with E-state index in [9.17, 15) is 14.4 Å². The van der Waals surface area contributed by atoms with E-state index in [1.54, 1.807) is 51.2 Å². The van der Waals surface area contributed by atoms with Gasteiger partial charge in [0.1, 0.15) is 0 Å². The van der Waals surface area contributed by atoms with Gasteiger partial charge in [0, 0.05) is 18.2 Å². The van der Waals surface area contributed by atoms with Gasteiger partial charge in [-0.15, -0.1) is 0 Å². The number of nitrogens with zero attached hydrogens (tertiary/aromatic N) is 2. The first kappa shape index (κ1) is 20.9. The number of nitrogens with one attached hydrogen (secondary N) is 2. The number of urea groups is 1. The number of benzene rings is 1. The normalized spacial score (nSPS) is 11.0. The summed E-state index contributed by atoms with van der Waals surface area (Å²) in [6.45, 7) is 5.47. The molecule has 0 radical (unpaired) electrons. The van der Waals surface area contributed by atoms with Gasteiger partial charge in [-0.2, -0.15) is 5.10 Å². The van der Waals surface area contributed by atoms with Gasteiger partial charge in [0.25, 0.3) is 0 Å². The maximum Gasteiger partial charge on any atom is 0.358 e. The lowest BCUT2D eigenvalue weighted by molar-refractivity contribution is -0.137. The molecule has 0 saturated heterocycles. The molecule has 0 aliphatic rings. The number of carbonyl (C=O) groups is 3. The summed E-state index contributed by atoms with van der Waals surface area (Å²) in [5.41, 5.74) is 0.514. The van der Waals surface area contributed by atoms with E-state index in [1.807, 2.05) is 0 Å². The number of esters is 1. The zero-order chi connectivity index (χ0) is 20.7. The first-order valence-electron chi connectivity index (χ1n) is 8.85. The average Bonchev–Trinajstić information content (AvgIpc) is 3.10. The third-order valence-corrected chi connectivity index (χ3v) is 3.89. The molecule has 28 heavy (non-hydrogen) atoms. The van der Waals surface area contributed by atoms with Gasteiger partial charge >= 0.3 is 18.0 Å². The van der Waals surface area contributed by atoms with Gasteiger partial charge in [-0.25, -0.2) is 14.3 Å². The molecule has 2 aromatic rings. The lowest BCUT2D eigenvalue weighted by Gasteiger charge is -2.26. The van der Waals surface area contributed by atoms with Crippen molar-refractivity contribution < 1.29 is 24.2 Å². The minimum atomic E-state index is -0.920. The summed E-state index contributed by atoms with van der Waals surface area (Å²) in [5.74, 6) is -1.44. The quantitative estimate of drug-likeness (QED) is 0.598. The Hall–Kier alpha value is -3.36. The first-order chi connectivity index (χ1) is 13.2. The number of anilines is 1. The molecular weight excluding hydrogens is 364 g/mol. The molecule has 0 unspecified atom stereocenters. The van der Waals surface area contributed by atoms with E-state index in [2.05, 4.69) is 15.7 Å². The molecule has 0 fully saturated rings. The van der Waals surface area contributed by atoms with Crippen molar-refractivity contribution in [2.75, 3.05) is 11.9 Å². The average molecular weight is 388 g/mol. The Labute approximate surface area is 162 Å². The van der Waals surface area contributed by atoms with Crippen molar-refractivity contribution >= 4 is 23.7 Å². The molecule has 2 amide bonds. The third kappa shape index (κ3) is 5.83. The van der Waals surface area contributed by atoms with Crippen LogP contribution in [0.25, 0.3) is 5.69 Å². The Kier molecular flexibility index (Phi) is 6.75. The van der Waals surface area contributed by atoms with E-state index < -0.39 is 23.5 Å². The Morgan fingerprint density at radius 3 is 2.61 bits per heavy atom. The molecule has 9 heteroatoms. The number of amides is 2. The van der Waals surface area contributed by atoms with Crippen LogP contribution in [0.3, 0.4) is 0 Å². The summed E-state index contributed by atoms with van der Waals surface area (Å²) >= 11 is 0. The van der Waals surface area contributed by atoms with E-state index in [4.69, 9.17) is 9.84 Å². The molecule has 9 nitrogen and oxygen atoms in total. The number of carbonyl (C=O) groups excluding carboxylic acids is 2. The van der Waals surface area contributed by atoms with Crippen LogP contribution in [-0.2, 0) is 9.53 Å². The molecule has 1 aromatic heterocycles. The maximum absolute atomic E-state index is 12.4. The molecule has 0 bridgehead atoms. The Bertz CT molecular complexity index is 860. The highest BCUT2D eigenvalue weighted by molar-refractivity contribution is 5.92. The fraction of sp³-hybridized carbons (Fsp3) is 0.368. The predicted molar refractivity (Wildman–Crippen MR) is 103 cm³/mol. The first-order valence-corrected chi connectivity index (χ1v) is 8.85. The van der Waals surface area contributed by atoms with E-state index >= 15 is 0 Å². The standard InChI is InChI=1S/C19H24N4O5/c1-4-28-17(26)14-10-12-23(22-14)15-8-6-5-7-13(15)20-18(27)21-19(2,3)11-9-16(24)25/h5-8,10,12H,4,9,11H2,1-3H3,(H,24,25)(H2,20,21,27). The van der Waals surface area contributed by atoms with Crippen LogP contribution in [0, 0.1) is 0 Å². The third-order valence-electron chi connectivity index (χ3n) is 3.89. The largest absolute Gasteiger partial charge is 0.481 e. The fourth-order valence-corrected chi connectivity index (χ4v) is 2.49. The van der Waals surface area contributed by atoms with E-state index in [1.165, 1.54) is 10.7 Å². The summed E-state index contributed by atoms with van der Waals surface area (Å²) in [5, 5.41) is 18.5. The number of carboxylic acids is 1. The molecular formula is C19H24N4O5. The second-order valence-electron chi connectivity index (χ2n) is 6.74. The van der Waals surface area contributed by atoms with Gasteiger partial charge in [0.15, 0.2) is 5.69 Å². The zero-order valence-corrected chi connectivity index (χ0v) is 16.1. The molecule has 0 aliphatic carbocycles. The van der Waals surface area contributed by atoms with Crippen LogP contribution in [0.2, 0.25) is 0 Å². The molecule has 0 spiro atoms. The van der Waals surface area contributed by atoms with Gasteiger partial charge in [0.05, 0.1) is 18.0 Å².